The Kier molecular flexibility index (Phi) is 4.88. The van der Waals surface area contributed by atoms with E-state index >= 15 is 0 Å². The molecule has 0 bridgehead atoms. The van der Waals surface area contributed by atoms with Gasteiger partial charge in [-0.15, -0.1) is 0 Å². The van der Waals surface area contributed by atoms with Crippen LogP contribution in [0.15, 0.2) is 36.4 Å². The highest BCUT2D eigenvalue weighted by Crippen LogP contribution is 2.32. The van der Waals surface area contributed by atoms with Gasteiger partial charge >= 0.3 is 0 Å². The first kappa shape index (κ1) is 15.5. The molecule has 0 spiro atoms. The van der Waals surface area contributed by atoms with Gasteiger partial charge in [0.1, 0.15) is 11.5 Å². The molecule has 1 aliphatic rings. The highest BCUT2D eigenvalue weighted by molar-refractivity contribution is 5.44. The van der Waals surface area contributed by atoms with Crippen molar-refractivity contribution in [3.63, 3.8) is 0 Å². The topological polar surface area (TPSA) is 49.0 Å². The van der Waals surface area contributed by atoms with Crippen LogP contribution in [0.25, 0.3) is 0 Å². The lowest BCUT2D eigenvalue weighted by molar-refractivity contribution is 0.174. The van der Waals surface area contributed by atoms with Crippen molar-refractivity contribution in [3.05, 3.63) is 47.5 Å². The fourth-order valence-electron chi connectivity index (χ4n) is 2.55. The normalized spacial score (nSPS) is 12.3. The number of hydrogen-bond donors (Lipinski definition) is 1. The lowest BCUT2D eigenvalue weighted by atomic mass is 10.1. The van der Waals surface area contributed by atoms with Crippen molar-refractivity contribution < 1.29 is 18.9 Å². The molecule has 1 N–H and O–H groups in total. The molecule has 0 saturated heterocycles. The minimum absolute atomic E-state index is 0.314. The first-order valence-electron chi connectivity index (χ1n) is 7.60. The van der Waals surface area contributed by atoms with Crippen LogP contribution < -0.4 is 24.3 Å². The van der Waals surface area contributed by atoms with Crippen molar-refractivity contribution in [1.82, 2.24) is 5.32 Å². The maximum absolute atomic E-state index is 5.40. The van der Waals surface area contributed by atoms with Crippen LogP contribution >= 0.6 is 0 Å². The lowest BCUT2D eigenvalue weighted by Crippen LogP contribution is -2.17. The van der Waals surface area contributed by atoms with E-state index in [2.05, 4.69) is 11.4 Å². The molecule has 0 radical (unpaired) electrons. The quantitative estimate of drug-likeness (QED) is 0.796. The zero-order valence-corrected chi connectivity index (χ0v) is 13.4. The standard InChI is InChI=1S/C18H21NO4/c1-20-15-5-4-14(17(10-15)21-2)11-19-8-7-13-3-6-16-18(9-13)23-12-22-16/h3-6,9-10,19H,7-8,11-12H2,1-2H3. The summed E-state index contributed by atoms with van der Waals surface area (Å²) in [6.07, 6.45) is 0.926. The van der Waals surface area contributed by atoms with Crippen LogP contribution in [0.5, 0.6) is 23.0 Å². The van der Waals surface area contributed by atoms with E-state index in [-0.39, 0.29) is 0 Å². The molecule has 5 nitrogen and oxygen atoms in total. The maximum Gasteiger partial charge on any atom is 0.231 e. The number of rotatable bonds is 7. The number of methoxy groups -OCH3 is 2. The molecule has 2 aromatic rings. The molecule has 0 atom stereocenters. The SMILES string of the molecule is COc1ccc(CNCCc2ccc3c(c2)OCO3)c(OC)c1. The maximum atomic E-state index is 5.40. The van der Waals surface area contributed by atoms with Gasteiger partial charge < -0.3 is 24.3 Å². The predicted octanol–water partition coefficient (Wildman–Crippen LogP) is 2.76. The highest BCUT2D eigenvalue weighted by atomic mass is 16.7. The van der Waals surface area contributed by atoms with Crippen molar-refractivity contribution in [3.8, 4) is 23.0 Å². The molecule has 23 heavy (non-hydrogen) atoms. The van der Waals surface area contributed by atoms with Gasteiger partial charge in [0.2, 0.25) is 6.79 Å². The van der Waals surface area contributed by atoms with Crippen LogP contribution in [-0.4, -0.2) is 27.6 Å². The monoisotopic (exact) mass is 315 g/mol. The average molecular weight is 315 g/mol. The molecule has 0 saturated carbocycles. The number of hydrogen-bond acceptors (Lipinski definition) is 5. The molecule has 0 fully saturated rings. The smallest absolute Gasteiger partial charge is 0.231 e. The Balaban J connectivity index is 1.52. The third kappa shape index (κ3) is 3.68. The van der Waals surface area contributed by atoms with E-state index < -0.39 is 0 Å². The summed E-state index contributed by atoms with van der Waals surface area (Å²) in [6.45, 7) is 1.93. The van der Waals surface area contributed by atoms with Gasteiger partial charge in [0.05, 0.1) is 14.2 Å². The van der Waals surface area contributed by atoms with Crippen LogP contribution in [0.2, 0.25) is 0 Å². The third-order valence-electron chi connectivity index (χ3n) is 3.84. The summed E-state index contributed by atoms with van der Waals surface area (Å²) in [7, 11) is 3.32. The Labute approximate surface area is 136 Å². The molecule has 0 amide bonds. The van der Waals surface area contributed by atoms with Gasteiger partial charge in [-0.3, -0.25) is 0 Å². The summed E-state index contributed by atoms with van der Waals surface area (Å²) in [5, 5.41) is 3.44. The van der Waals surface area contributed by atoms with Crippen LogP contribution in [0.3, 0.4) is 0 Å². The van der Waals surface area contributed by atoms with E-state index in [1.807, 2.05) is 30.3 Å². The van der Waals surface area contributed by atoms with Crippen LogP contribution in [0, 0.1) is 0 Å². The van der Waals surface area contributed by atoms with E-state index in [1.165, 1.54) is 5.56 Å². The Morgan fingerprint density at radius 3 is 2.70 bits per heavy atom. The lowest BCUT2D eigenvalue weighted by Gasteiger charge is -2.11. The van der Waals surface area contributed by atoms with Crippen LogP contribution in [0.4, 0.5) is 0 Å². The van der Waals surface area contributed by atoms with Crippen LogP contribution in [0.1, 0.15) is 11.1 Å². The number of ether oxygens (including phenoxy) is 4. The number of fused-ring (bicyclic) bond motifs is 1. The van der Waals surface area contributed by atoms with E-state index in [1.54, 1.807) is 14.2 Å². The second-order valence-electron chi connectivity index (χ2n) is 5.29. The molecule has 5 heteroatoms. The molecular formula is C18H21NO4. The first-order chi connectivity index (χ1) is 11.3. The Bertz CT molecular complexity index is 672. The molecule has 122 valence electrons. The fourth-order valence-corrected chi connectivity index (χ4v) is 2.55. The van der Waals surface area contributed by atoms with Gasteiger partial charge in [-0.1, -0.05) is 12.1 Å². The van der Waals surface area contributed by atoms with Gasteiger partial charge in [-0.25, -0.2) is 0 Å². The van der Waals surface area contributed by atoms with Crippen molar-refractivity contribution in [2.45, 2.75) is 13.0 Å². The zero-order chi connectivity index (χ0) is 16.1. The summed E-state index contributed by atoms with van der Waals surface area (Å²) >= 11 is 0. The molecule has 0 unspecified atom stereocenters. The van der Waals surface area contributed by atoms with E-state index in [0.717, 1.165) is 48.1 Å². The molecule has 1 heterocycles. The summed E-state index contributed by atoms with van der Waals surface area (Å²) < 4.78 is 21.3. The Hall–Kier alpha value is -2.40. The van der Waals surface area contributed by atoms with E-state index in [4.69, 9.17) is 18.9 Å². The van der Waals surface area contributed by atoms with Gasteiger partial charge in [-0.05, 0) is 36.7 Å². The largest absolute Gasteiger partial charge is 0.497 e. The minimum atomic E-state index is 0.314. The minimum Gasteiger partial charge on any atom is -0.497 e. The first-order valence-corrected chi connectivity index (χ1v) is 7.60. The van der Waals surface area contributed by atoms with Gasteiger partial charge in [-0.2, -0.15) is 0 Å². The molecule has 0 aliphatic carbocycles. The van der Waals surface area contributed by atoms with Crippen LogP contribution in [-0.2, 0) is 13.0 Å². The van der Waals surface area contributed by atoms with Gasteiger partial charge in [0.15, 0.2) is 11.5 Å². The molecule has 3 rings (SSSR count). The van der Waals surface area contributed by atoms with Gasteiger partial charge in [0.25, 0.3) is 0 Å². The van der Waals surface area contributed by atoms with Gasteiger partial charge in [0, 0.05) is 18.2 Å². The van der Waals surface area contributed by atoms with Crippen molar-refractivity contribution in [1.29, 1.82) is 0 Å². The second-order valence-corrected chi connectivity index (χ2v) is 5.29. The van der Waals surface area contributed by atoms with E-state index in [9.17, 15) is 0 Å². The summed E-state index contributed by atoms with van der Waals surface area (Å²) in [6, 6.07) is 11.9. The molecule has 0 aromatic heterocycles. The molecule has 2 aromatic carbocycles. The second kappa shape index (κ2) is 7.24. The van der Waals surface area contributed by atoms with Crippen molar-refractivity contribution in [2.75, 3.05) is 27.6 Å². The van der Waals surface area contributed by atoms with E-state index in [0.29, 0.717) is 6.79 Å². The Morgan fingerprint density at radius 1 is 1.00 bits per heavy atom. The predicted molar refractivity (Wildman–Crippen MR) is 87.5 cm³/mol. The number of nitrogens with one attached hydrogen (secondary N) is 1. The summed E-state index contributed by atoms with van der Waals surface area (Å²) in [5.74, 6) is 3.29. The summed E-state index contributed by atoms with van der Waals surface area (Å²) in [5.41, 5.74) is 2.34. The average Bonchev–Trinajstić information content (AvgIpc) is 3.06. The highest BCUT2D eigenvalue weighted by Gasteiger charge is 2.12. The molecule has 1 aliphatic heterocycles. The summed E-state index contributed by atoms with van der Waals surface area (Å²) in [4.78, 5) is 0. The number of benzene rings is 2. The Morgan fingerprint density at radius 2 is 1.87 bits per heavy atom. The van der Waals surface area contributed by atoms with Crippen molar-refractivity contribution >= 4 is 0 Å². The zero-order valence-electron chi connectivity index (χ0n) is 13.4. The molecular weight excluding hydrogens is 294 g/mol. The third-order valence-corrected chi connectivity index (χ3v) is 3.84. The fraction of sp³-hybridized carbons (Fsp3) is 0.333. The van der Waals surface area contributed by atoms with Crippen molar-refractivity contribution in [2.24, 2.45) is 0 Å².